The van der Waals surface area contributed by atoms with Gasteiger partial charge in [0.05, 0.1) is 0 Å². The molecule has 3 nitrogen and oxygen atoms in total. The smallest absolute Gasteiger partial charge is 0.323 e. The summed E-state index contributed by atoms with van der Waals surface area (Å²) in [6.45, 7) is 8.08. The maximum absolute atomic E-state index is 12.0. The first kappa shape index (κ1) is 15.7. The lowest BCUT2D eigenvalue weighted by Gasteiger charge is -2.28. The van der Waals surface area contributed by atoms with Crippen molar-refractivity contribution >= 4 is 5.97 Å². The van der Waals surface area contributed by atoms with Crippen molar-refractivity contribution in [3.63, 3.8) is 0 Å². The number of hydrogen-bond acceptors (Lipinski definition) is 3. The van der Waals surface area contributed by atoms with Crippen molar-refractivity contribution in [1.29, 1.82) is 0 Å². The molecule has 0 aliphatic rings. The molecule has 1 rings (SSSR count). The van der Waals surface area contributed by atoms with Crippen molar-refractivity contribution in [3.05, 3.63) is 35.9 Å². The highest BCUT2D eigenvalue weighted by molar-refractivity contribution is 5.76. The van der Waals surface area contributed by atoms with Crippen LogP contribution in [0.2, 0.25) is 0 Å². The van der Waals surface area contributed by atoms with E-state index in [0.29, 0.717) is 12.3 Å². The van der Waals surface area contributed by atoms with Gasteiger partial charge in [0.2, 0.25) is 0 Å². The zero-order chi connectivity index (χ0) is 14.5. The van der Waals surface area contributed by atoms with Crippen molar-refractivity contribution in [1.82, 2.24) is 0 Å². The Balaban J connectivity index is 2.53. The second-order valence-electron chi connectivity index (χ2n) is 6.07. The van der Waals surface area contributed by atoms with Crippen LogP contribution in [0.25, 0.3) is 0 Å². The average Bonchev–Trinajstić information content (AvgIpc) is 2.27. The van der Waals surface area contributed by atoms with Crippen molar-refractivity contribution < 1.29 is 9.53 Å². The Hall–Kier alpha value is -1.35. The molecule has 3 heteroatoms. The highest BCUT2D eigenvalue weighted by Gasteiger charge is 2.27. The summed E-state index contributed by atoms with van der Waals surface area (Å²) in [6, 6.07) is 9.15. The number of carbonyl (C=O) groups is 1. The molecule has 0 unspecified atom stereocenters. The van der Waals surface area contributed by atoms with Crippen LogP contribution in [-0.4, -0.2) is 17.6 Å². The van der Waals surface area contributed by atoms with Crippen LogP contribution in [0.5, 0.6) is 0 Å². The van der Waals surface area contributed by atoms with E-state index in [1.165, 1.54) is 0 Å². The van der Waals surface area contributed by atoms with Crippen LogP contribution in [0.3, 0.4) is 0 Å². The van der Waals surface area contributed by atoms with Gasteiger partial charge in [-0.3, -0.25) is 4.79 Å². The Bertz CT molecular complexity index is 398. The van der Waals surface area contributed by atoms with Gasteiger partial charge in [-0.15, -0.1) is 0 Å². The van der Waals surface area contributed by atoms with Crippen LogP contribution in [0.4, 0.5) is 0 Å². The molecular formula is C16H25NO2. The van der Waals surface area contributed by atoms with E-state index in [4.69, 9.17) is 10.5 Å². The minimum atomic E-state index is -0.603. The molecule has 19 heavy (non-hydrogen) atoms. The molecule has 1 aromatic rings. The number of rotatable bonds is 6. The number of hydrogen-bond donors (Lipinski definition) is 1. The van der Waals surface area contributed by atoms with Gasteiger partial charge in [-0.2, -0.15) is 0 Å². The lowest BCUT2D eigenvalue weighted by molar-refractivity contribution is -0.159. The lowest BCUT2D eigenvalue weighted by atomic mass is 9.96. The largest absolute Gasteiger partial charge is 0.458 e. The summed E-state index contributed by atoms with van der Waals surface area (Å²) in [5.74, 6) is 0.155. The topological polar surface area (TPSA) is 52.3 Å². The molecule has 1 aromatic carbocycles. The van der Waals surface area contributed by atoms with Crippen LogP contribution < -0.4 is 5.73 Å². The van der Waals surface area contributed by atoms with Crippen molar-refractivity contribution in [2.75, 3.05) is 0 Å². The maximum atomic E-state index is 12.0. The molecule has 0 spiro atoms. The number of ether oxygens (including phenoxy) is 1. The van der Waals surface area contributed by atoms with E-state index in [2.05, 4.69) is 13.8 Å². The van der Waals surface area contributed by atoms with E-state index in [1.54, 1.807) is 0 Å². The maximum Gasteiger partial charge on any atom is 0.323 e. The molecule has 0 radical (unpaired) electrons. The third-order valence-corrected chi connectivity index (χ3v) is 2.88. The first-order valence-electron chi connectivity index (χ1n) is 6.82. The number of benzene rings is 1. The van der Waals surface area contributed by atoms with Crippen molar-refractivity contribution in [2.24, 2.45) is 11.7 Å². The van der Waals surface area contributed by atoms with Gasteiger partial charge in [0.15, 0.2) is 0 Å². The van der Waals surface area contributed by atoms with E-state index in [0.717, 1.165) is 12.0 Å². The van der Waals surface area contributed by atoms with E-state index in [9.17, 15) is 4.79 Å². The van der Waals surface area contributed by atoms with E-state index < -0.39 is 11.6 Å². The SMILES string of the molecule is CC(C)CC(C)(C)OC(=O)[C@H](N)Cc1ccccc1. The summed E-state index contributed by atoms with van der Waals surface area (Å²) in [4.78, 5) is 12.0. The summed E-state index contributed by atoms with van der Waals surface area (Å²) in [6.07, 6.45) is 1.34. The Morgan fingerprint density at radius 1 is 1.26 bits per heavy atom. The molecule has 106 valence electrons. The van der Waals surface area contributed by atoms with Crippen LogP contribution in [0, 0.1) is 5.92 Å². The molecule has 0 heterocycles. The van der Waals surface area contributed by atoms with Crippen LogP contribution in [-0.2, 0) is 16.0 Å². The van der Waals surface area contributed by atoms with E-state index >= 15 is 0 Å². The molecular weight excluding hydrogens is 238 g/mol. The molecule has 0 saturated heterocycles. The van der Waals surface area contributed by atoms with E-state index in [-0.39, 0.29) is 5.97 Å². The second kappa shape index (κ2) is 6.71. The Morgan fingerprint density at radius 2 is 1.84 bits per heavy atom. The summed E-state index contributed by atoms with van der Waals surface area (Å²) < 4.78 is 5.52. The van der Waals surface area contributed by atoms with Crippen molar-refractivity contribution in [3.8, 4) is 0 Å². The molecule has 0 aliphatic carbocycles. The van der Waals surface area contributed by atoms with Crippen LogP contribution in [0.1, 0.15) is 39.7 Å². The normalized spacial score (nSPS) is 13.4. The molecule has 0 saturated carbocycles. The quantitative estimate of drug-likeness (QED) is 0.803. The highest BCUT2D eigenvalue weighted by Crippen LogP contribution is 2.21. The monoisotopic (exact) mass is 263 g/mol. The Labute approximate surface area is 116 Å². The first-order chi connectivity index (χ1) is 8.80. The third-order valence-electron chi connectivity index (χ3n) is 2.88. The zero-order valence-electron chi connectivity index (χ0n) is 12.3. The minimum Gasteiger partial charge on any atom is -0.458 e. The fraction of sp³-hybridized carbons (Fsp3) is 0.562. The summed E-state index contributed by atoms with van der Waals surface area (Å²) >= 11 is 0. The molecule has 1 atom stereocenters. The summed E-state index contributed by atoms with van der Waals surface area (Å²) in [5, 5.41) is 0. The highest BCUT2D eigenvalue weighted by atomic mass is 16.6. The second-order valence-corrected chi connectivity index (χ2v) is 6.07. The fourth-order valence-corrected chi connectivity index (χ4v) is 2.32. The number of nitrogens with two attached hydrogens (primary N) is 1. The zero-order valence-corrected chi connectivity index (χ0v) is 12.3. The van der Waals surface area contributed by atoms with Gasteiger partial charge in [0.25, 0.3) is 0 Å². The first-order valence-corrected chi connectivity index (χ1v) is 6.82. The Morgan fingerprint density at radius 3 is 2.37 bits per heavy atom. The third kappa shape index (κ3) is 5.88. The van der Waals surface area contributed by atoms with Crippen LogP contribution >= 0.6 is 0 Å². The number of esters is 1. The van der Waals surface area contributed by atoms with Crippen LogP contribution in [0.15, 0.2) is 30.3 Å². The molecule has 0 aromatic heterocycles. The van der Waals surface area contributed by atoms with Gasteiger partial charge in [0.1, 0.15) is 11.6 Å². The average molecular weight is 263 g/mol. The van der Waals surface area contributed by atoms with E-state index in [1.807, 2.05) is 44.2 Å². The predicted molar refractivity (Wildman–Crippen MR) is 77.7 cm³/mol. The molecule has 0 aliphatic heterocycles. The molecule has 0 bridgehead atoms. The molecule has 0 amide bonds. The standard InChI is InChI=1S/C16H25NO2/c1-12(2)11-16(3,4)19-15(18)14(17)10-13-8-6-5-7-9-13/h5-9,12,14H,10-11,17H2,1-4H3/t14-/m1/s1. The van der Waals surface area contributed by atoms with Gasteiger partial charge >= 0.3 is 5.97 Å². The van der Waals surface area contributed by atoms with Gasteiger partial charge in [-0.05, 0) is 38.2 Å². The predicted octanol–water partition coefficient (Wildman–Crippen LogP) is 2.92. The van der Waals surface area contributed by atoms with Crippen molar-refractivity contribution in [2.45, 2.75) is 52.2 Å². The fourth-order valence-electron chi connectivity index (χ4n) is 2.32. The summed E-state index contributed by atoms with van der Waals surface area (Å²) in [5.41, 5.74) is 6.50. The van der Waals surface area contributed by atoms with Gasteiger partial charge in [-0.25, -0.2) is 0 Å². The van der Waals surface area contributed by atoms with Gasteiger partial charge < -0.3 is 10.5 Å². The Kier molecular flexibility index (Phi) is 5.55. The minimum absolute atomic E-state index is 0.325. The lowest BCUT2D eigenvalue weighted by Crippen LogP contribution is -2.40. The molecule has 2 N–H and O–H groups in total. The molecule has 0 fully saturated rings. The number of carbonyl (C=O) groups excluding carboxylic acids is 1. The van der Waals surface area contributed by atoms with Gasteiger partial charge in [0, 0.05) is 0 Å². The summed E-state index contributed by atoms with van der Waals surface area (Å²) in [7, 11) is 0. The van der Waals surface area contributed by atoms with Gasteiger partial charge in [-0.1, -0.05) is 44.2 Å².